The number of nitrogens with one attached hydrogen (secondary N) is 1. The van der Waals surface area contributed by atoms with Crippen molar-refractivity contribution in [1.82, 2.24) is 10.4 Å². The number of rotatable bonds is 3. The standard InChI is InChI=1S/C18H19N3/c1-12-6-3-7-13(2)17(12)18(21-19)15-8-4-10-16-14(15)9-5-11-20-16/h3-11,18,21H,19H2,1-2H3. The van der Waals surface area contributed by atoms with Crippen LogP contribution in [0, 0.1) is 13.8 Å². The van der Waals surface area contributed by atoms with Crippen LogP contribution in [0.25, 0.3) is 10.9 Å². The van der Waals surface area contributed by atoms with Crippen LogP contribution in [0.15, 0.2) is 54.7 Å². The Labute approximate surface area is 124 Å². The monoisotopic (exact) mass is 277 g/mol. The van der Waals surface area contributed by atoms with Gasteiger partial charge in [0.1, 0.15) is 0 Å². The number of hydrogen-bond acceptors (Lipinski definition) is 3. The number of hydrazine groups is 1. The van der Waals surface area contributed by atoms with Crippen LogP contribution in [-0.4, -0.2) is 4.98 Å². The zero-order chi connectivity index (χ0) is 14.8. The molecule has 0 aliphatic heterocycles. The Hall–Kier alpha value is -2.23. The summed E-state index contributed by atoms with van der Waals surface area (Å²) in [4.78, 5) is 4.43. The number of nitrogens with two attached hydrogens (primary N) is 1. The fourth-order valence-electron chi connectivity index (χ4n) is 2.99. The molecule has 3 aromatic rings. The van der Waals surface area contributed by atoms with Crippen LogP contribution in [0.5, 0.6) is 0 Å². The molecule has 3 N–H and O–H groups in total. The lowest BCUT2D eigenvalue weighted by Crippen LogP contribution is -2.30. The number of aromatic nitrogens is 1. The summed E-state index contributed by atoms with van der Waals surface area (Å²) in [5.41, 5.74) is 8.82. The maximum absolute atomic E-state index is 5.90. The third-order valence-electron chi connectivity index (χ3n) is 3.99. The average molecular weight is 277 g/mol. The summed E-state index contributed by atoms with van der Waals surface area (Å²) in [6.07, 6.45) is 1.82. The number of nitrogens with zero attached hydrogens (tertiary/aromatic N) is 1. The van der Waals surface area contributed by atoms with Crippen molar-refractivity contribution in [3.8, 4) is 0 Å². The topological polar surface area (TPSA) is 50.9 Å². The maximum atomic E-state index is 5.90. The van der Waals surface area contributed by atoms with E-state index in [4.69, 9.17) is 5.84 Å². The van der Waals surface area contributed by atoms with Gasteiger partial charge in [-0.25, -0.2) is 5.43 Å². The highest BCUT2D eigenvalue weighted by Gasteiger charge is 2.18. The predicted octanol–water partition coefficient (Wildman–Crippen LogP) is 3.40. The van der Waals surface area contributed by atoms with Crippen LogP contribution in [-0.2, 0) is 0 Å². The van der Waals surface area contributed by atoms with Gasteiger partial charge in [-0.1, -0.05) is 36.4 Å². The third kappa shape index (κ3) is 2.42. The van der Waals surface area contributed by atoms with Gasteiger partial charge in [-0.2, -0.15) is 0 Å². The third-order valence-corrected chi connectivity index (χ3v) is 3.99. The Bertz CT molecular complexity index is 755. The molecular weight excluding hydrogens is 258 g/mol. The Morgan fingerprint density at radius 3 is 2.38 bits per heavy atom. The Morgan fingerprint density at radius 1 is 0.952 bits per heavy atom. The number of hydrogen-bond donors (Lipinski definition) is 2. The van der Waals surface area contributed by atoms with E-state index < -0.39 is 0 Å². The van der Waals surface area contributed by atoms with E-state index in [9.17, 15) is 0 Å². The zero-order valence-electron chi connectivity index (χ0n) is 12.3. The molecule has 3 nitrogen and oxygen atoms in total. The molecule has 3 heteroatoms. The second kappa shape index (κ2) is 5.64. The van der Waals surface area contributed by atoms with E-state index in [0.717, 1.165) is 16.5 Å². The van der Waals surface area contributed by atoms with Crippen molar-refractivity contribution < 1.29 is 0 Å². The number of aryl methyl sites for hydroxylation is 2. The van der Waals surface area contributed by atoms with Gasteiger partial charge < -0.3 is 0 Å². The highest BCUT2D eigenvalue weighted by atomic mass is 15.2. The van der Waals surface area contributed by atoms with Crippen molar-refractivity contribution in [2.24, 2.45) is 5.84 Å². The molecule has 1 atom stereocenters. The van der Waals surface area contributed by atoms with Gasteiger partial charge in [-0.3, -0.25) is 10.8 Å². The Morgan fingerprint density at radius 2 is 1.67 bits per heavy atom. The molecule has 1 heterocycles. The van der Waals surface area contributed by atoms with Crippen LogP contribution in [0.2, 0.25) is 0 Å². The molecule has 0 saturated heterocycles. The summed E-state index contributed by atoms with van der Waals surface area (Å²) < 4.78 is 0. The van der Waals surface area contributed by atoms with E-state index in [1.165, 1.54) is 16.7 Å². The number of pyridine rings is 1. The van der Waals surface area contributed by atoms with Crippen LogP contribution in [0.4, 0.5) is 0 Å². The number of fused-ring (bicyclic) bond motifs is 1. The van der Waals surface area contributed by atoms with Gasteiger partial charge >= 0.3 is 0 Å². The molecule has 2 aromatic carbocycles. The van der Waals surface area contributed by atoms with Crippen molar-refractivity contribution in [1.29, 1.82) is 0 Å². The maximum Gasteiger partial charge on any atom is 0.0721 e. The second-order valence-electron chi connectivity index (χ2n) is 5.32. The van der Waals surface area contributed by atoms with Gasteiger partial charge in [-0.05, 0) is 48.2 Å². The van der Waals surface area contributed by atoms with Crippen molar-refractivity contribution in [3.63, 3.8) is 0 Å². The molecule has 0 bridgehead atoms. The van der Waals surface area contributed by atoms with Crippen LogP contribution < -0.4 is 11.3 Å². The molecule has 1 aromatic heterocycles. The van der Waals surface area contributed by atoms with Gasteiger partial charge in [0.25, 0.3) is 0 Å². The van der Waals surface area contributed by atoms with Crippen molar-refractivity contribution >= 4 is 10.9 Å². The van der Waals surface area contributed by atoms with E-state index in [2.05, 4.69) is 54.6 Å². The molecule has 0 aliphatic carbocycles. The average Bonchev–Trinajstić information content (AvgIpc) is 2.51. The largest absolute Gasteiger partial charge is 0.271 e. The summed E-state index contributed by atoms with van der Waals surface area (Å²) in [5, 5.41) is 1.13. The molecule has 0 aliphatic rings. The minimum Gasteiger partial charge on any atom is -0.271 e. The normalized spacial score (nSPS) is 12.5. The molecule has 106 valence electrons. The van der Waals surface area contributed by atoms with Gasteiger partial charge in [0.05, 0.1) is 11.6 Å². The smallest absolute Gasteiger partial charge is 0.0721 e. The molecular formula is C18H19N3. The van der Waals surface area contributed by atoms with E-state index in [0.29, 0.717) is 0 Å². The van der Waals surface area contributed by atoms with Crippen molar-refractivity contribution in [3.05, 3.63) is 77.0 Å². The molecule has 0 radical (unpaired) electrons. The quantitative estimate of drug-likeness (QED) is 0.570. The number of benzene rings is 2. The molecule has 3 rings (SSSR count). The van der Waals surface area contributed by atoms with Gasteiger partial charge in [0.2, 0.25) is 0 Å². The Balaban J connectivity index is 2.24. The molecule has 21 heavy (non-hydrogen) atoms. The van der Waals surface area contributed by atoms with Crippen LogP contribution >= 0.6 is 0 Å². The van der Waals surface area contributed by atoms with E-state index in [-0.39, 0.29) is 6.04 Å². The highest BCUT2D eigenvalue weighted by molar-refractivity contribution is 5.83. The lowest BCUT2D eigenvalue weighted by molar-refractivity contribution is 0.634. The fraction of sp³-hybridized carbons (Fsp3) is 0.167. The first-order valence-electron chi connectivity index (χ1n) is 7.08. The van der Waals surface area contributed by atoms with Crippen molar-refractivity contribution in [2.45, 2.75) is 19.9 Å². The van der Waals surface area contributed by atoms with Gasteiger partial charge in [-0.15, -0.1) is 0 Å². The first-order chi connectivity index (χ1) is 10.2. The highest BCUT2D eigenvalue weighted by Crippen LogP contribution is 2.31. The van der Waals surface area contributed by atoms with Gasteiger partial charge in [0.15, 0.2) is 0 Å². The SMILES string of the molecule is Cc1cccc(C)c1C(NN)c1cccc2ncccc12. The second-order valence-corrected chi connectivity index (χ2v) is 5.32. The van der Waals surface area contributed by atoms with E-state index >= 15 is 0 Å². The summed E-state index contributed by atoms with van der Waals surface area (Å²) >= 11 is 0. The van der Waals surface area contributed by atoms with Crippen molar-refractivity contribution in [2.75, 3.05) is 0 Å². The lowest BCUT2D eigenvalue weighted by Gasteiger charge is -2.22. The fourth-order valence-corrected chi connectivity index (χ4v) is 2.99. The van der Waals surface area contributed by atoms with Crippen LogP contribution in [0.1, 0.15) is 28.3 Å². The first-order valence-corrected chi connectivity index (χ1v) is 7.08. The minimum atomic E-state index is -0.0425. The predicted molar refractivity (Wildman–Crippen MR) is 86.8 cm³/mol. The Kier molecular flexibility index (Phi) is 3.69. The molecule has 1 unspecified atom stereocenters. The van der Waals surface area contributed by atoms with E-state index in [1.807, 2.05) is 24.4 Å². The zero-order valence-corrected chi connectivity index (χ0v) is 12.3. The minimum absolute atomic E-state index is 0.0425. The van der Waals surface area contributed by atoms with Crippen LogP contribution in [0.3, 0.4) is 0 Å². The van der Waals surface area contributed by atoms with E-state index in [1.54, 1.807) is 0 Å². The molecule has 0 spiro atoms. The molecule has 0 fully saturated rings. The summed E-state index contributed by atoms with van der Waals surface area (Å²) in [6, 6.07) is 16.5. The first kappa shape index (κ1) is 13.7. The summed E-state index contributed by atoms with van der Waals surface area (Å²) in [6.45, 7) is 4.24. The lowest BCUT2D eigenvalue weighted by atomic mass is 9.90. The molecule has 0 saturated carbocycles. The molecule has 0 amide bonds. The van der Waals surface area contributed by atoms with Gasteiger partial charge in [0, 0.05) is 11.6 Å². The summed E-state index contributed by atoms with van der Waals surface area (Å²) in [5.74, 6) is 5.90. The summed E-state index contributed by atoms with van der Waals surface area (Å²) in [7, 11) is 0.